The van der Waals surface area contributed by atoms with E-state index in [1.165, 1.54) is 10.6 Å². The van der Waals surface area contributed by atoms with Crippen molar-refractivity contribution in [3.05, 3.63) is 60.2 Å². The lowest BCUT2D eigenvalue weighted by Crippen LogP contribution is -2.43. The monoisotopic (exact) mass is 533 g/mol. The summed E-state index contributed by atoms with van der Waals surface area (Å²) in [4.78, 5) is 39.8. The molecule has 0 bridgehead atoms. The van der Waals surface area contributed by atoms with Crippen molar-refractivity contribution < 1.29 is 19.1 Å². The van der Waals surface area contributed by atoms with E-state index >= 15 is 0 Å². The van der Waals surface area contributed by atoms with E-state index in [1.54, 1.807) is 24.3 Å². The molecular formula is C30H39N5O4. The highest BCUT2D eigenvalue weighted by Gasteiger charge is 2.34. The molecule has 9 nitrogen and oxygen atoms in total. The van der Waals surface area contributed by atoms with Crippen LogP contribution in [0.2, 0.25) is 0 Å². The van der Waals surface area contributed by atoms with Crippen LogP contribution in [0.15, 0.2) is 59.7 Å². The maximum Gasteiger partial charge on any atom is 0.407 e. The number of carbonyl (C=O) groups excluding carboxylic acids is 3. The first-order valence-corrected chi connectivity index (χ1v) is 13.6. The summed E-state index contributed by atoms with van der Waals surface area (Å²) >= 11 is 0. The lowest BCUT2D eigenvalue weighted by Gasteiger charge is -2.24. The molecule has 9 heteroatoms. The second-order valence-electron chi connectivity index (χ2n) is 11.4. The lowest BCUT2D eigenvalue weighted by molar-refractivity contribution is -0.117. The van der Waals surface area contributed by atoms with Crippen molar-refractivity contribution >= 4 is 35.0 Å². The highest BCUT2D eigenvalue weighted by Crippen LogP contribution is 2.26. The number of benzene rings is 2. The first kappa shape index (κ1) is 28.3. The first-order valence-electron chi connectivity index (χ1n) is 13.6. The third kappa shape index (κ3) is 8.38. The third-order valence-electron chi connectivity index (χ3n) is 6.74. The van der Waals surface area contributed by atoms with Crippen molar-refractivity contribution in [1.82, 2.24) is 10.2 Å². The molecule has 1 fully saturated rings. The van der Waals surface area contributed by atoms with Crippen molar-refractivity contribution in [1.29, 1.82) is 0 Å². The highest BCUT2D eigenvalue weighted by molar-refractivity contribution is 6.12. The van der Waals surface area contributed by atoms with E-state index in [1.807, 2.05) is 45.9 Å². The molecule has 2 aliphatic rings. The molecule has 0 aromatic heterocycles. The van der Waals surface area contributed by atoms with Crippen LogP contribution in [0.3, 0.4) is 0 Å². The fourth-order valence-electron chi connectivity index (χ4n) is 5.07. The summed E-state index contributed by atoms with van der Waals surface area (Å²) in [6.07, 6.45) is 1.75. The van der Waals surface area contributed by atoms with E-state index in [4.69, 9.17) is 4.74 Å². The number of rotatable bonds is 9. The predicted molar refractivity (Wildman–Crippen MR) is 153 cm³/mol. The molecule has 2 atom stereocenters. The molecule has 2 N–H and O–H groups in total. The topological polar surface area (TPSA) is 103 Å². The quantitative estimate of drug-likeness (QED) is 0.476. The minimum atomic E-state index is -0.565. The van der Waals surface area contributed by atoms with Gasteiger partial charge in [0, 0.05) is 43.5 Å². The van der Waals surface area contributed by atoms with Gasteiger partial charge in [-0.25, -0.2) is 9.80 Å². The zero-order valence-electron chi connectivity index (χ0n) is 23.3. The van der Waals surface area contributed by atoms with Gasteiger partial charge in [0.15, 0.2) is 0 Å². The number of anilines is 2. The van der Waals surface area contributed by atoms with E-state index in [-0.39, 0.29) is 23.8 Å². The molecule has 2 aliphatic heterocycles. The van der Waals surface area contributed by atoms with Crippen LogP contribution in [-0.2, 0) is 20.9 Å². The maximum atomic E-state index is 12.7. The van der Waals surface area contributed by atoms with Gasteiger partial charge in [-0.15, -0.1) is 0 Å². The van der Waals surface area contributed by atoms with Gasteiger partial charge in [-0.2, -0.15) is 5.10 Å². The molecule has 1 saturated heterocycles. The number of ether oxygens (including phenoxy) is 1. The Balaban J connectivity index is 1.31. The third-order valence-corrected chi connectivity index (χ3v) is 6.74. The second kappa shape index (κ2) is 12.4. The lowest BCUT2D eigenvalue weighted by atomic mass is 9.97. The van der Waals surface area contributed by atoms with Crippen LogP contribution in [0, 0.1) is 5.92 Å². The zero-order chi connectivity index (χ0) is 28.0. The fourth-order valence-corrected chi connectivity index (χ4v) is 5.07. The Morgan fingerprint density at radius 2 is 1.85 bits per heavy atom. The number of carbonyl (C=O) groups is 3. The molecule has 2 heterocycles. The van der Waals surface area contributed by atoms with E-state index in [0.29, 0.717) is 30.6 Å². The SMILES string of the molecule is CC1=NN(c2cccc(NC(=O)CCC[C@@H]3CN(Cc4ccccc4)C[C@@H]3NC(=O)OC(C)(C)C)c2)C(=O)C1. The predicted octanol–water partition coefficient (Wildman–Crippen LogP) is 4.93. The average Bonchev–Trinajstić information content (AvgIpc) is 3.39. The van der Waals surface area contributed by atoms with Gasteiger partial charge in [0.05, 0.1) is 12.1 Å². The summed E-state index contributed by atoms with van der Waals surface area (Å²) in [6, 6.07) is 17.4. The summed E-state index contributed by atoms with van der Waals surface area (Å²) in [5.74, 6) is 0.0402. The molecule has 0 saturated carbocycles. The Morgan fingerprint density at radius 1 is 1.08 bits per heavy atom. The summed E-state index contributed by atoms with van der Waals surface area (Å²) in [5.41, 5.74) is 2.69. The molecule has 3 amide bonds. The maximum absolute atomic E-state index is 12.7. The largest absolute Gasteiger partial charge is 0.444 e. The Labute approximate surface area is 230 Å². The van der Waals surface area contributed by atoms with Crippen LogP contribution in [0.1, 0.15) is 58.9 Å². The normalized spacial score (nSPS) is 19.6. The smallest absolute Gasteiger partial charge is 0.407 e. The number of likely N-dealkylation sites (tertiary alicyclic amines) is 1. The van der Waals surface area contributed by atoms with Crippen LogP contribution in [0.4, 0.5) is 16.2 Å². The van der Waals surface area contributed by atoms with Gasteiger partial charge in [0.2, 0.25) is 5.91 Å². The molecule has 4 rings (SSSR count). The van der Waals surface area contributed by atoms with E-state index in [9.17, 15) is 14.4 Å². The number of amides is 3. The van der Waals surface area contributed by atoms with E-state index in [2.05, 4.69) is 32.8 Å². The van der Waals surface area contributed by atoms with Gasteiger partial charge in [-0.05, 0) is 70.2 Å². The summed E-state index contributed by atoms with van der Waals surface area (Å²) in [6.45, 7) is 9.76. The number of hydrogen-bond acceptors (Lipinski definition) is 6. The van der Waals surface area contributed by atoms with Crippen molar-refractivity contribution in [3.63, 3.8) is 0 Å². The van der Waals surface area contributed by atoms with Crippen LogP contribution in [-0.4, -0.2) is 53.3 Å². The van der Waals surface area contributed by atoms with Crippen LogP contribution in [0.5, 0.6) is 0 Å². The van der Waals surface area contributed by atoms with Gasteiger partial charge >= 0.3 is 6.09 Å². The summed E-state index contributed by atoms with van der Waals surface area (Å²) in [5, 5.41) is 11.7. The van der Waals surface area contributed by atoms with E-state index in [0.717, 1.165) is 31.8 Å². The second-order valence-corrected chi connectivity index (χ2v) is 11.4. The molecular weight excluding hydrogens is 494 g/mol. The molecule has 0 spiro atoms. The van der Waals surface area contributed by atoms with Crippen molar-refractivity contribution in [2.24, 2.45) is 11.0 Å². The highest BCUT2D eigenvalue weighted by atomic mass is 16.6. The van der Waals surface area contributed by atoms with Crippen molar-refractivity contribution in [2.45, 2.75) is 71.6 Å². The Bertz CT molecular complexity index is 1210. The minimum absolute atomic E-state index is 0.0506. The van der Waals surface area contributed by atoms with Crippen LogP contribution >= 0.6 is 0 Å². The summed E-state index contributed by atoms with van der Waals surface area (Å²) < 4.78 is 5.50. The fraction of sp³-hybridized carbons (Fsp3) is 0.467. The first-order chi connectivity index (χ1) is 18.6. The van der Waals surface area contributed by atoms with E-state index < -0.39 is 11.7 Å². The Kier molecular flexibility index (Phi) is 9.01. The number of hydrazone groups is 1. The standard InChI is InChI=1S/C30H39N5O4/c1-21-16-28(37)35(33-21)25-14-9-13-24(17-25)31-27(36)15-8-12-23-19-34(18-22-10-6-5-7-11-22)20-26(23)32-29(38)39-30(2,3)4/h5-7,9-11,13-14,17,23,26H,8,12,15-16,18-20H2,1-4H3,(H,31,36)(H,32,38)/t23-,26+/m1/s1. The molecule has 0 unspecified atom stereocenters. The van der Waals surface area contributed by atoms with Crippen LogP contribution < -0.4 is 15.6 Å². The number of alkyl carbamates (subject to hydrolysis) is 1. The van der Waals surface area contributed by atoms with Crippen LogP contribution in [0.25, 0.3) is 0 Å². The number of nitrogens with zero attached hydrogens (tertiary/aromatic N) is 3. The minimum Gasteiger partial charge on any atom is -0.444 e. The molecule has 208 valence electrons. The van der Waals surface area contributed by atoms with Gasteiger partial charge in [0.25, 0.3) is 5.91 Å². The number of nitrogens with one attached hydrogen (secondary N) is 2. The zero-order valence-corrected chi connectivity index (χ0v) is 23.3. The molecule has 2 aromatic rings. The van der Waals surface area contributed by atoms with Gasteiger partial charge in [0.1, 0.15) is 5.60 Å². The van der Waals surface area contributed by atoms with Crippen molar-refractivity contribution in [2.75, 3.05) is 23.4 Å². The molecule has 39 heavy (non-hydrogen) atoms. The number of hydrogen-bond donors (Lipinski definition) is 2. The Hall–Kier alpha value is -3.72. The van der Waals surface area contributed by atoms with Gasteiger partial charge < -0.3 is 15.4 Å². The Morgan fingerprint density at radius 3 is 2.54 bits per heavy atom. The van der Waals surface area contributed by atoms with Gasteiger partial charge in [-0.3, -0.25) is 14.5 Å². The van der Waals surface area contributed by atoms with Gasteiger partial charge in [-0.1, -0.05) is 36.4 Å². The average molecular weight is 534 g/mol. The molecule has 0 radical (unpaired) electrons. The van der Waals surface area contributed by atoms with Crippen molar-refractivity contribution in [3.8, 4) is 0 Å². The molecule has 0 aliphatic carbocycles. The summed E-state index contributed by atoms with van der Waals surface area (Å²) in [7, 11) is 0. The molecule has 2 aromatic carbocycles.